The number of nitrogens with zero attached hydrogens (tertiary/aromatic N) is 1. The lowest BCUT2D eigenvalue weighted by atomic mass is 9.99. The van der Waals surface area contributed by atoms with Crippen molar-refractivity contribution >= 4 is 5.97 Å². The molecule has 1 aliphatic heterocycles. The minimum atomic E-state index is -0.943. The van der Waals surface area contributed by atoms with Crippen LogP contribution in [0.25, 0.3) is 0 Å². The van der Waals surface area contributed by atoms with Crippen LogP contribution in [0.1, 0.15) is 25.3 Å². The topological polar surface area (TPSA) is 49.8 Å². The first-order chi connectivity index (χ1) is 9.15. The zero-order valence-electron chi connectivity index (χ0n) is 11.3. The molecule has 0 bridgehead atoms. The summed E-state index contributed by atoms with van der Waals surface area (Å²) >= 11 is 0. The van der Waals surface area contributed by atoms with Gasteiger partial charge in [0, 0.05) is 12.1 Å². The molecular weight excluding hydrogens is 242 g/mol. The maximum atomic E-state index is 10.6. The molecule has 1 saturated heterocycles. The van der Waals surface area contributed by atoms with Crippen LogP contribution in [0.2, 0.25) is 0 Å². The monoisotopic (exact) mass is 263 g/mol. The first-order valence-corrected chi connectivity index (χ1v) is 6.80. The van der Waals surface area contributed by atoms with Gasteiger partial charge in [0.1, 0.15) is 5.75 Å². The maximum Gasteiger partial charge on any atom is 0.341 e. The lowest BCUT2D eigenvalue weighted by Crippen LogP contribution is -2.32. The lowest BCUT2D eigenvalue weighted by molar-refractivity contribution is -0.139. The SMILES string of the molecule is CC1CCN(Cc2ccccc2OCC(=O)O)CC1. The van der Waals surface area contributed by atoms with Crippen LogP contribution in [0, 0.1) is 5.92 Å². The number of likely N-dealkylation sites (tertiary alicyclic amines) is 1. The lowest BCUT2D eigenvalue weighted by Gasteiger charge is -2.30. The van der Waals surface area contributed by atoms with Crippen molar-refractivity contribution in [3.63, 3.8) is 0 Å². The van der Waals surface area contributed by atoms with Gasteiger partial charge in [0.25, 0.3) is 0 Å². The Morgan fingerprint density at radius 3 is 2.74 bits per heavy atom. The van der Waals surface area contributed by atoms with Crippen molar-refractivity contribution in [2.45, 2.75) is 26.3 Å². The van der Waals surface area contributed by atoms with E-state index in [0.717, 1.165) is 31.1 Å². The minimum absolute atomic E-state index is 0.284. The highest BCUT2D eigenvalue weighted by molar-refractivity contribution is 5.68. The quantitative estimate of drug-likeness (QED) is 0.886. The predicted molar refractivity (Wildman–Crippen MR) is 73.2 cm³/mol. The number of carboxylic acid groups (broad SMARTS) is 1. The fraction of sp³-hybridized carbons (Fsp3) is 0.533. The average molecular weight is 263 g/mol. The molecule has 4 nitrogen and oxygen atoms in total. The van der Waals surface area contributed by atoms with E-state index in [1.165, 1.54) is 12.8 Å². The van der Waals surface area contributed by atoms with Crippen molar-refractivity contribution in [2.75, 3.05) is 19.7 Å². The second-order valence-corrected chi connectivity index (χ2v) is 5.25. The van der Waals surface area contributed by atoms with Crippen LogP contribution in [-0.4, -0.2) is 35.7 Å². The van der Waals surface area contributed by atoms with Crippen LogP contribution in [0.15, 0.2) is 24.3 Å². The van der Waals surface area contributed by atoms with Gasteiger partial charge in [-0.3, -0.25) is 4.90 Å². The largest absolute Gasteiger partial charge is 0.482 e. The molecule has 1 aliphatic rings. The van der Waals surface area contributed by atoms with Gasteiger partial charge in [-0.1, -0.05) is 25.1 Å². The molecule has 104 valence electrons. The fourth-order valence-corrected chi connectivity index (χ4v) is 2.38. The Bertz CT molecular complexity index is 425. The summed E-state index contributed by atoms with van der Waals surface area (Å²) in [5.41, 5.74) is 1.07. The number of carboxylic acids is 1. The van der Waals surface area contributed by atoms with Gasteiger partial charge >= 0.3 is 5.97 Å². The highest BCUT2D eigenvalue weighted by Gasteiger charge is 2.17. The van der Waals surface area contributed by atoms with E-state index in [9.17, 15) is 4.79 Å². The van der Waals surface area contributed by atoms with E-state index in [0.29, 0.717) is 5.75 Å². The molecule has 0 aliphatic carbocycles. The third kappa shape index (κ3) is 4.24. The first-order valence-electron chi connectivity index (χ1n) is 6.80. The molecule has 0 saturated carbocycles. The summed E-state index contributed by atoms with van der Waals surface area (Å²) in [6.07, 6.45) is 2.47. The van der Waals surface area contributed by atoms with Gasteiger partial charge < -0.3 is 9.84 Å². The normalized spacial score (nSPS) is 17.3. The number of hydrogen-bond acceptors (Lipinski definition) is 3. The van der Waals surface area contributed by atoms with Gasteiger partial charge in [0.05, 0.1) is 0 Å². The van der Waals surface area contributed by atoms with Crippen molar-refractivity contribution in [3.8, 4) is 5.75 Å². The van der Waals surface area contributed by atoms with Crippen LogP contribution in [0.5, 0.6) is 5.75 Å². The number of piperidine rings is 1. The molecule has 0 spiro atoms. The smallest absolute Gasteiger partial charge is 0.341 e. The molecule has 4 heteroatoms. The number of benzene rings is 1. The average Bonchev–Trinajstić information content (AvgIpc) is 2.40. The molecular formula is C15H21NO3. The van der Waals surface area contributed by atoms with Crippen molar-refractivity contribution in [1.29, 1.82) is 0 Å². The zero-order valence-corrected chi connectivity index (χ0v) is 11.3. The van der Waals surface area contributed by atoms with E-state index in [4.69, 9.17) is 9.84 Å². The van der Waals surface area contributed by atoms with Crippen molar-refractivity contribution in [3.05, 3.63) is 29.8 Å². The summed E-state index contributed by atoms with van der Waals surface area (Å²) < 4.78 is 5.34. The number of aliphatic carboxylic acids is 1. The minimum Gasteiger partial charge on any atom is -0.482 e. The molecule has 1 aromatic carbocycles. The summed E-state index contributed by atoms with van der Waals surface area (Å²) in [7, 11) is 0. The summed E-state index contributed by atoms with van der Waals surface area (Å²) in [5.74, 6) is 0.555. The second-order valence-electron chi connectivity index (χ2n) is 5.25. The second kappa shape index (κ2) is 6.57. The molecule has 0 unspecified atom stereocenters. The van der Waals surface area contributed by atoms with Gasteiger partial charge in [0.2, 0.25) is 0 Å². The van der Waals surface area contributed by atoms with Crippen LogP contribution in [0.4, 0.5) is 0 Å². The van der Waals surface area contributed by atoms with Crippen LogP contribution in [-0.2, 0) is 11.3 Å². The molecule has 0 atom stereocenters. The Morgan fingerprint density at radius 1 is 1.37 bits per heavy atom. The molecule has 2 rings (SSSR count). The molecule has 19 heavy (non-hydrogen) atoms. The molecule has 0 amide bonds. The highest BCUT2D eigenvalue weighted by atomic mass is 16.5. The molecule has 0 radical (unpaired) electrons. The van der Waals surface area contributed by atoms with Crippen LogP contribution >= 0.6 is 0 Å². The zero-order chi connectivity index (χ0) is 13.7. The molecule has 0 aromatic heterocycles. The van der Waals surface area contributed by atoms with E-state index in [1.54, 1.807) is 0 Å². The summed E-state index contributed by atoms with van der Waals surface area (Å²) in [6, 6.07) is 7.69. The third-order valence-corrected chi connectivity index (χ3v) is 3.59. The number of rotatable bonds is 5. The van der Waals surface area contributed by atoms with E-state index in [1.807, 2.05) is 24.3 Å². The van der Waals surface area contributed by atoms with Gasteiger partial charge in [0.15, 0.2) is 6.61 Å². The Hall–Kier alpha value is -1.55. The van der Waals surface area contributed by atoms with Crippen LogP contribution < -0.4 is 4.74 Å². The van der Waals surface area contributed by atoms with E-state index in [2.05, 4.69) is 11.8 Å². The Balaban J connectivity index is 1.97. The van der Waals surface area contributed by atoms with Crippen LogP contribution in [0.3, 0.4) is 0 Å². The van der Waals surface area contributed by atoms with Gasteiger partial charge in [-0.25, -0.2) is 4.79 Å². The molecule has 1 aromatic rings. The number of carbonyl (C=O) groups is 1. The van der Waals surface area contributed by atoms with Crippen molar-refractivity contribution in [1.82, 2.24) is 4.90 Å². The Kier molecular flexibility index (Phi) is 4.80. The first kappa shape index (κ1) is 13.9. The predicted octanol–water partition coefficient (Wildman–Crippen LogP) is 2.38. The van der Waals surface area contributed by atoms with E-state index >= 15 is 0 Å². The number of hydrogen-bond donors (Lipinski definition) is 1. The standard InChI is InChI=1S/C15H21NO3/c1-12-6-8-16(9-7-12)10-13-4-2-3-5-14(13)19-11-15(17)18/h2-5,12H,6-11H2,1H3,(H,17,18). The molecule has 1 heterocycles. The molecule has 1 fully saturated rings. The Morgan fingerprint density at radius 2 is 2.05 bits per heavy atom. The fourth-order valence-electron chi connectivity index (χ4n) is 2.38. The van der Waals surface area contributed by atoms with Crippen molar-refractivity contribution in [2.24, 2.45) is 5.92 Å². The summed E-state index contributed by atoms with van der Waals surface area (Å²) in [4.78, 5) is 13.0. The summed E-state index contributed by atoms with van der Waals surface area (Å²) in [5, 5.41) is 8.68. The number of ether oxygens (including phenoxy) is 1. The Labute approximate surface area is 114 Å². The van der Waals surface area contributed by atoms with Gasteiger partial charge in [-0.15, -0.1) is 0 Å². The molecule has 1 N–H and O–H groups in total. The summed E-state index contributed by atoms with van der Waals surface area (Å²) in [6.45, 7) is 5.06. The van der Waals surface area contributed by atoms with Crippen molar-refractivity contribution < 1.29 is 14.6 Å². The van der Waals surface area contributed by atoms with Gasteiger partial charge in [-0.2, -0.15) is 0 Å². The third-order valence-electron chi connectivity index (χ3n) is 3.59. The van der Waals surface area contributed by atoms with Gasteiger partial charge in [-0.05, 0) is 37.9 Å². The van der Waals surface area contributed by atoms with E-state index in [-0.39, 0.29) is 6.61 Å². The maximum absolute atomic E-state index is 10.6. The highest BCUT2D eigenvalue weighted by Crippen LogP contribution is 2.23. The van der Waals surface area contributed by atoms with E-state index < -0.39 is 5.97 Å². The number of para-hydroxylation sites is 1.